The van der Waals surface area contributed by atoms with E-state index in [1.54, 1.807) is 0 Å². The van der Waals surface area contributed by atoms with Crippen LogP contribution in [0.2, 0.25) is 0 Å². The molecule has 23 heavy (non-hydrogen) atoms. The molecule has 4 heteroatoms. The molecule has 0 radical (unpaired) electrons. The van der Waals surface area contributed by atoms with E-state index in [4.69, 9.17) is 20.6 Å². The monoisotopic (exact) mass is 317 g/mol. The Morgan fingerprint density at radius 1 is 1.35 bits per heavy atom. The molecule has 0 amide bonds. The zero-order valence-corrected chi connectivity index (χ0v) is 14.5. The van der Waals surface area contributed by atoms with E-state index >= 15 is 0 Å². The molecule has 0 saturated carbocycles. The minimum atomic E-state index is -0.512. The molecule has 4 nitrogen and oxygen atoms in total. The minimum absolute atomic E-state index is 0.193. The smallest absolute Gasteiger partial charge is 0.132 e. The average Bonchev–Trinajstić information content (AvgIpc) is 2.53. The van der Waals surface area contributed by atoms with Crippen LogP contribution in [0, 0.1) is 12.3 Å². The van der Waals surface area contributed by atoms with Gasteiger partial charge in [-0.25, -0.2) is 0 Å². The average molecular weight is 317 g/mol. The van der Waals surface area contributed by atoms with Crippen LogP contribution in [0.25, 0.3) is 0 Å². The van der Waals surface area contributed by atoms with Crippen molar-refractivity contribution in [3.05, 3.63) is 23.8 Å². The van der Waals surface area contributed by atoms with Gasteiger partial charge in [-0.05, 0) is 38.5 Å². The molecule has 0 aromatic heterocycles. The molecule has 1 aromatic rings. The van der Waals surface area contributed by atoms with Crippen molar-refractivity contribution in [2.75, 3.05) is 25.6 Å². The van der Waals surface area contributed by atoms with Gasteiger partial charge in [-0.1, -0.05) is 19.3 Å². The highest BCUT2D eigenvalue weighted by atomic mass is 16.6. The van der Waals surface area contributed by atoms with Crippen LogP contribution in [0.5, 0.6) is 5.75 Å². The van der Waals surface area contributed by atoms with Crippen LogP contribution in [0.3, 0.4) is 0 Å². The van der Waals surface area contributed by atoms with Gasteiger partial charge in [-0.15, -0.1) is 6.42 Å². The van der Waals surface area contributed by atoms with E-state index in [-0.39, 0.29) is 18.8 Å². The summed E-state index contributed by atoms with van der Waals surface area (Å²) in [5.74, 6) is 3.39. The molecule has 0 bridgehead atoms. The highest BCUT2D eigenvalue weighted by Crippen LogP contribution is 2.44. The molecule has 1 heterocycles. The van der Waals surface area contributed by atoms with Gasteiger partial charge >= 0.3 is 0 Å². The standard InChI is InChI=1S/C19H27NO3/c1-6-8-12-21-17-15-13-14(20-5)9-10-16(15)23-19(3,4)18(17)22-11-7-2/h2,9-10,13,17-18,20H,6,8,11-12H2,1,3-5H3. The van der Waals surface area contributed by atoms with E-state index < -0.39 is 5.60 Å². The highest BCUT2D eigenvalue weighted by Gasteiger charge is 2.45. The van der Waals surface area contributed by atoms with E-state index in [9.17, 15) is 0 Å². The number of ether oxygens (including phenoxy) is 3. The molecule has 1 N–H and O–H groups in total. The van der Waals surface area contributed by atoms with Gasteiger partial charge in [0.15, 0.2) is 0 Å². The van der Waals surface area contributed by atoms with Gasteiger partial charge in [-0.2, -0.15) is 0 Å². The largest absolute Gasteiger partial charge is 0.485 e. The second kappa shape index (κ2) is 7.72. The summed E-state index contributed by atoms with van der Waals surface area (Å²) in [5, 5.41) is 3.16. The Kier molecular flexibility index (Phi) is 5.92. The number of unbranched alkanes of at least 4 members (excludes halogenated alkanes) is 1. The summed E-state index contributed by atoms with van der Waals surface area (Å²) < 4.78 is 18.3. The van der Waals surface area contributed by atoms with E-state index in [1.165, 1.54) is 0 Å². The summed E-state index contributed by atoms with van der Waals surface area (Å²) in [7, 11) is 1.90. The summed E-state index contributed by atoms with van der Waals surface area (Å²) in [5.41, 5.74) is 1.52. The third-order valence-electron chi connectivity index (χ3n) is 4.08. The lowest BCUT2D eigenvalue weighted by Crippen LogP contribution is -2.51. The van der Waals surface area contributed by atoms with Crippen LogP contribution in [0.1, 0.15) is 45.3 Å². The lowest BCUT2D eigenvalue weighted by Gasteiger charge is -2.44. The lowest BCUT2D eigenvalue weighted by atomic mass is 9.88. The predicted octanol–water partition coefficient (Wildman–Crippen LogP) is 3.78. The molecule has 2 unspecified atom stereocenters. The fourth-order valence-electron chi connectivity index (χ4n) is 2.85. The molecule has 0 saturated heterocycles. The van der Waals surface area contributed by atoms with Crippen molar-refractivity contribution < 1.29 is 14.2 Å². The minimum Gasteiger partial charge on any atom is -0.485 e. The summed E-state index contributed by atoms with van der Waals surface area (Å²) in [6, 6.07) is 6.05. The van der Waals surface area contributed by atoms with Crippen molar-refractivity contribution in [3.63, 3.8) is 0 Å². The predicted molar refractivity (Wildman–Crippen MR) is 92.9 cm³/mol. The topological polar surface area (TPSA) is 39.7 Å². The summed E-state index contributed by atoms with van der Waals surface area (Å²) in [6.07, 6.45) is 7.03. The quantitative estimate of drug-likeness (QED) is 0.614. The fourth-order valence-corrected chi connectivity index (χ4v) is 2.85. The van der Waals surface area contributed by atoms with E-state index in [1.807, 2.05) is 33.0 Å². The number of hydrogen-bond donors (Lipinski definition) is 1. The zero-order chi connectivity index (χ0) is 16.9. The van der Waals surface area contributed by atoms with Crippen LogP contribution < -0.4 is 10.1 Å². The lowest BCUT2D eigenvalue weighted by molar-refractivity contribution is -0.156. The Bertz CT molecular complexity index is 562. The van der Waals surface area contributed by atoms with Gasteiger partial charge in [0.25, 0.3) is 0 Å². The van der Waals surface area contributed by atoms with Gasteiger partial charge in [0.05, 0.1) is 0 Å². The van der Waals surface area contributed by atoms with E-state index in [0.29, 0.717) is 6.61 Å². The summed E-state index contributed by atoms with van der Waals surface area (Å²) in [6.45, 7) is 7.11. The van der Waals surface area contributed by atoms with Crippen molar-refractivity contribution in [1.29, 1.82) is 0 Å². The van der Waals surface area contributed by atoms with Crippen LogP contribution in [0.15, 0.2) is 18.2 Å². The highest BCUT2D eigenvalue weighted by molar-refractivity contribution is 5.53. The Morgan fingerprint density at radius 3 is 2.78 bits per heavy atom. The number of hydrogen-bond acceptors (Lipinski definition) is 4. The molecule has 1 aliphatic heterocycles. The Morgan fingerprint density at radius 2 is 2.13 bits per heavy atom. The Balaban J connectivity index is 2.37. The first-order valence-electron chi connectivity index (χ1n) is 8.21. The maximum atomic E-state index is 6.19. The molecule has 2 rings (SSSR count). The molecule has 0 spiro atoms. The summed E-state index contributed by atoms with van der Waals surface area (Å²) in [4.78, 5) is 0. The number of rotatable bonds is 7. The maximum Gasteiger partial charge on any atom is 0.132 e. The van der Waals surface area contributed by atoms with Gasteiger partial charge in [0, 0.05) is 24.9 Å². The molecule has 1 aliphatic rings. The van der Waals surface area contributed by atoms with Gasteiger partial charge in [0.1, 0.15) is 30.2 Å². The number of fused-ring (bicyclic) bond motifs is 1. The molecule has 1 aromatic carbocycles. The fraction of sp³-hybridized carbons (Fsp3) is 0.579. The second-order valence-electron chi connectivity index (χ2n) is 6.29. The van der Waals surface area contributed by atoms with E-state index in [2.05, 4.69) is 24.2 Å². The Labute approximate surface area is 139 Å². The van der Waals surface area contributed by atoms with Crippen molar-refractivity contribution in [1.82, 2.24) is 0 Å². The first-order chi connectivity index (χ1) is 11.0. The maximum absolute atomic E-state index is 6.19. The van der Waals surface area contributed by atoms with E-state index in [0.717, 1.165) is 29.8 Å². The van der Waals surface area contributed by atoms with Gasteiger partial charge in [0.2, 0.25) is 0 Å². The SMILES string of the molecule is C#CCOC1C(OCCCC)c2cc(NC)ccc2OC1(C)C. The van der Waals surface area contributed by atoms with Crippen LogP contribution in [0.4, 0.5) is 5.69 Å². The molecular weight excluding hydrogens is 290 g/mol. The molecule has 2 atom stereocenters. The van der Waals surface area contributed by atoms with Crippen molar-refractivity contribution in [2.45, 2.75) is 51.4 Å². The first-order valence-corrected chi connectivity index (χ1v) is 8.21. The van der Waals surface area contributed by atoms with Gasteiger partial charge < -0.3 is 19.5 Å². The normalized spacial score (nSPS) is 21.9. The van der Waals surface area contributed by atoms with Crippen molar-refractivity contribution >= 4 is 5.69 Å². The zero-order valence-electron chi connectivity index (χ0n) is 14.5. The van der Waals surface area contributed by atoms with Gasteiger partial charge in [-0.3, -0.25) is 0 Å². The number of benzene rings is 1. The molecule has 0 fully saturated rings. The second-order valence-corrected chi connectivity index (χ2v) is 6.29. The van der Waals surface area contributed by atoms with Crippen molar-refractivity contribution in [3.8, 4) is 18.1 Å². The third-order valence-corrected chi connectivity index (χ3v) is 4.08. The molecule has 126 valence electrons. The number of nitrogens with one attached hydrogen (secondary N) is 1. The van der Waals surface area contributed by atoms with Crippen LogP contribution in [-0.2, 0) is 9.47 Å². The third kappa shape index (κ3) is 3.99. The Hall–Kier alpha value is -1.70. The van der Waals surface area contributed by atoms with Crippen molar-refractivity contribution in [2.24, 2.45) is 0 Å². The number of terminal acetylenes is 1. The van der Waals surface area contributed by atoms with Crippen LogP contribution in [-0.4, -0.2) is 32.0 Å². The summed E-state index contributed by atoms with van der Waals surface area (Å²) >= 11 is 0. The number of anilines is 1. The van der Waals surface area contributed by atoms with Crippen LogP contribution >= 0.6 is 0 Å². The first kappa shape index (κ1) is 17.7. The molecule has 0 aliphatic carbocycles. The molecular formula is C19H27NO3.